The molecule has 1 amide bonds. The van der Waals surface area contributed by atoms with E-state index in [1.54, 1.807) is 6.92 Å². The molecule has 0 aromatic heterocycles. The molecule has 2 aromatic carbocycles. The summed E-state index contributed by atoms with van der Waals surface area (Å²) in [6.07, 6.45) is -0.490. The van der Waals surface area contributed by atoms with Crippen LogP contribution in [0.15, 0.2) is 54.6 Å². The van der Waals surface area contributed by atoms with Crippen molar-refractivity contribution in [3.05, 3.63) is 65.7 Å². The third-order valence-electron chi connectivity index (χ3n) is 2.99. The lowest BCUT2D eigenvalue weighted by Gasteiger charge is -2.13. The molecule has 20 heavy (non-hydrogen) atoms. The monoisotopic (exact) mass is 269 g/mol. The molecule has 2 aromatic rings. The molecule has 0 saturated heterocycles. The van der Waals surface area contributed by atoms with Crippen molar-refractivity contribution in [3.8, 4) is 0 Å². The Balaban J connectivity index is 1.85. The Labute approximate surface area is 119 Å². The molecule has 104 valence electrons. The lowest BCUT2D eigenvalue weighted by Crippen LogP contribution is -2.27. The minimum absolute atomic E-state index is 0.135. The summed E-state index contributed by atoms with van der Waals surface area (Å²) in [6, 6.07) is 17.5. The fourth-order valence-corrected chi connectivity index (χ4v) is 1.86. The Kier molecular flexibility index (Phi) is 4.91. The largest absolute Gasteiger partial charge is 0.364 e. The number of hydrogen-bond donors (Lipinski definition) is 1. The van der Waals surface area contributed by atoms with E-state index in [1.807, 2.05) is 55.5 Å². The molecular formula is C17H19NO2. The molecule has 0 saturated carbocycles. The molecule has 0 fully saturated rings. The summed E-state index contributed by atoms with van der Waals surface area (Å²) in [5.74, 6) is -0.135. The molecule has 0 radical (unpaired) electrons. The minimum Gasteiger partial charge on any atom is -0.364 e. The van der Waals surface area contributed by atoms with Gasteiger partial charge in [-0.1, -0.05) is 48.0 Å². The van der Waals surface area contributed by atoms with Gasteiger partial charge in [0.25, 0.3) is 5.91 Å². The van der Waals surface area contributed by atoms with Crippen molar-refractivity contribution >= 4 is 11.6 Å². The highest BCUT2D eigenvalue weighted by atomic mass is 16.5. The molecular weight excluding hydrogens is 250 g/mol. The Bertz CT molecular complexity index is 566. The van der Waals surface area contributed by atoms with Gasteiger partial charge in [0.1, 0.15) is 6.10 Å². The lowest BCUT2D eigenvalue weighted by atomic mass is 10.1. The van der Waals surface area contributed by atoms with E-state index in [9.17, 15) is 4.79 Å². The van der Waals surface area contributed by atoms with E-state index in [4.69, 9.17) is 4.74 Å². The normalized spacial score (nSPS) is 11.9. The van der Waals surface area contributed by atoms with Crippen LogP contribution in [0.3, 0.4) is 0 Å². The number of aryl methyl sites for hydroxylation is 1. The summed E-state index contributed by atoms with van der Waals surface area (Å²) < 4.78 is 5.60. The molecule has 1 atom stereocenters. The number of amides is 1. The van der Waals surface area contributed by atoms with Crippen LogP contribution in [0, 0.1) is 6.92 Å². The highest BCUT2D eigenvalue weighted by Gasteiger charge is 2.13. The van der Waals surface area contributed by atoms with E-state index >= 15 is 0 Å². The molecule has 1 N–H and O–H groups in total. The average molecular weight is 269 g/mol. The van der Waals surface area contributed by atoms with Crippen molar-refractivity contribution in [1.82, 2.24) is 0 Å². The van der Waals surface area contributed by atoms with Gasteiger partial charge in [0.15, 0.2) is 0 Å². The van der Waals surface area contributed by atoms with Gasteiger partial charge in [0.2, 0.25) is 0 Å². The molecule has 0 heterocycles. The highest BCUT2D eigenvalue weighted by molar-refractivity contribution is 5.93. The fraction of sp³-hybridized carbons (Fsp3) is 0.235. The van der Waals surface area contributed by atoms with E-state index < -0.39 is 6.10 Å². The number of rotatable bonds is 5. The van der Waals surface area contributed by atoms with E-state index in [1.165, 1.54) is 5.56 Å². The topological polar surface area (TPSA) is 38.3 Å². The van der Waals surface area contributed by atoms with Gasteiger partial charge in [-0.2, -0.15) is 0 Å². The van der Waals surface area contributed by atoms with Crippen molar-refractivity contribution in [2.24, 2.45) is 0 Å². The summed E-state index contributed by atoms with van der Waals surface area (Å²) in [6.45, 7) is 4.23. The standard InChI is InChI=1S/C17H19NO2/c1-13-7-6-8-15(11-13)12-20-14(2)17(19)18-16-9-4-3-5-10-16/h3-11,14H,12H2,1-2H3,(H,18,19). The maximum absolute atomic E-state index is 12.0. The second kappa shape index (κ2) is 6.87. The zero-order valence-corrected chi connectivity index (χ0v) is 11.8. The number of benzene rings is 2. The first-order valence-corrected chi connectivity index (χ1v) is 6.68. The number of anilines is 1. The van der Waals surface area contributed by atoms with E-state index in [2.05, 4.69) is 11.4 Å². The maximum atomic E-state index is 12.0. The quantitative estimate of drug-likeness (QED) is 0.901. The first-order chi connectivity index (χ1) is 9.65. The van der Waals surface area contributed by atoms with Gasteiger partial charge < -0.3 is 10.1 Å². The van der Waals surface area contributed by atoms with E-state index in [-0.39, 0.29) is 5.91 Å². The van der Waals surface area contributed by atoms with Crippen LogP contribution in [-0.2, 0) is 16.1 Å². The van der Waals surface area contributed by atoms with Gasteiger partial charge in [0.05, 0.1) is 6.61 Å². The van der Waals surface area contributed by atoms with E-state index in [0.717, 1.165) is 11.3 Å². The predicted molar refractivity (Wildman–Crippen MR) is 80.5 cm³/mol. The first kappa shape index (κ1) is 14.3. The highest BCUT2D eigenvalue weighted by Crippen LogP contribution is 2.09. The summed E-state index contributed by atoms with van der Waals surface area (Å²) in [5, 5.41) is 2.83. The van der Waals surface area contributed by atoms with Crippen molar-refractivity contribution < 1.29 is 9.53 Å². The van der Waals surface area contributed by atoms with Crippen LogP contribution in [0.2, 0.25) is 0 Å². The molecule has 0 aliphatic carbocycles. The Morgan fingerprint density at radius 1 is 1.15 bits per heavy atom. The Hall–Kier alpha value is -2.13. The Morgan fingerprint density at radius 3 is 2.60 bits per heavy atom. The van der Waals surface area contributed by atoms with Crippen LogP contribution in [-0.4, -0.2) is 12.0 Å². The summed E-state index contributed by atoms with van der Waals surface area (Å²) in [4.78, 5) is 12.0. The van der Waals surface area contributed by atoms with Gasteiger partial charge in [-0.3, -0.25) is 4.79 Å². The van der Waals surface area contributed by atoms with E-state index in [0.29, 0.717) is 6.61 Å². The summed E-state index contributed by atoms with van der Waals surface area (Å²) >= 11 is 0. The molecule has 1 unspecified atom stereocenters. The van der Waals surface area contributed by atoms with Crippen molar-refractivity contribution in [3.63, 3.8) is 0 Å². The molecule has 0 aliphatic heterocycles. The molecule has 0 spiro atoms. The molecule has 3 nitrogen and oxygen atoms in total. The van der Waals surface area contributed by atoms with Crippen LogP contribution >= 0.6 is 0 Å². The summed E-state index contributed by atoms with van der Waals surface area (Å²) in [5.41, 5.74) is 3.04. The second-order valence-electron chi connectivity index (χ2n) is 4.80. The number of carbonyl (C=O) groups is 1. The van der Waals surface area contributed by atoms with Crippen molar-refractivity contribution in [2.75, 3.05) is 5.32 Å². The van der Waals surface area contributed by atoms with Gasteiger partial charge in [-0.05, 0) is 31.5 Å². The van der Waals surface area contributed by atoms with Crippen LogP contribution in [0.25, 0.3) is 0 Å². The third kappa shape index (κ3) is 4.21. The number of para-hydroxylation sites is 1. The van der Waals surface area contributed by atoms with Crippen LogP contribution in [0.1, 0.15) is 18.1 Å². The van der Waals surface area contributed by atoms with Gasteiger partial charge in [-0.25, -0.2) is 0 Å². The zero-order chi connectivity index (χ0) is 14.4. The molecule has 2 rings (SSSR count). The summed E-state index contributed by atoms with van der Waals surface area (Å²) in [7, 11) is 0. The molecule has 0 bridgehead atoms. The van der Waals surface area contributed by atoms with Gasteiger partial charge >= 0.3 is 0 Å². The lowest BCUT2D eigenvalue weighted by molar-refractivity contribution is -0.127. The predicted octanol–water partition coefficient (Wildman–Crippen LogP) is 3.54. The van der Waals surface area contributed by atoms with Crippen molar-refractivity contribution in [1.29, 1.82) is 0 Å². The number of ether oxygens (including phenoxy) is 1. The fourth-order valence-electron chi connectivity index (χ4n) is 1.86. The van der Waals surface area contributed by atoms with Crippen LogP contribution in [0.5, 0.6) is 0 Å². The average Bonchev–Trinajstić information content (AvgIpc) is 2.46. The smallest absolute Gasteiger partial charge is 0.253 e. The zero-order valence-electron chi connectivity index (χ0n) is 11.8. The minimum atomic E-state index is -0.490. The van der Waals surface area contributed by atoms with Crippen LogP contribution in [0.4, 0.5) is 5.69 Å². The second-order valence-corrected chi connectivity index (χ2v) is 4.80. The maximum Gasteiger partial charge on any atom is 0.253 e. The number of carbonyl (C=O) groups excluding carboxylic acids is 1. The van der Waals surface area contributed by atoms with Crippen LogP contribution < -0.4 is 5.32 Å². The molecule has 3 heteroatoms. The van der Waals surface area contributed by atoms with Crippen molar-refractivity contribution in [2.45, 2.75) is 26.6 Å². The third-order valence-corrected chi connectivity index (χ3v) is 2.99. The van der Waals surface area contributed by atoms with Gasteiger partial charge in [0, 0.05) is 5.69 Å². The first-order valence-electron chi connectivity index (χ1n) is 6.68. The number of hydrogen-bond acceptors (Lipinski definition) is 2. The SMILES string of the molecule is Cc1cccc(COC(C)C(=O)Nc2ccccc2)c1. The Morgan fingerprint density at radius 2 is 1.90 bits per heavy atom. The number of nitrogens with one attached hydrogen (secondary N) is 1. The van der Waals surface area contributed by atoms with Gasteiger partial charge in [-0.15, -0.1) is 0 Å². The molecule has 0 aliphatic rings.